The number of rotatable bonds is 6. The molecule has 0 saturated carbocycles. The Morgan fingerprint density at radius 1 is 1.00 bits per heavy atom. The summed E-state index contributed by atoms with van der Waals surface area (Å²) >= 11 is 0. The third-order valence-corrected chi connectivity index (χ3v) is 6.71. The van der Waals surface area contributed by atoms with E-state index in [0.29, 0.717) is 33.6 Å². The lowest BCUT2D eigenvalue weighted by molar-refractivity contribution is -0.274. The molecular weight excluding hydrogens is 479 g/mol. The van der Waals surface area contributed by atoms with Crippen molar-refractivity contribution < 1.29 is 26.3 Å². The first-order valence-electron chi connectivity index (χ1n) is 10.2. The zero-order valence-corrected chi connectivity index (χ0v) is 18.9. The van der Waals surface area contributed by atoms with Crippen molar-refractivity contribution in [2.45, 2.75) is 17.8 Å². The Labute approximate surface area is 198 Å². The van der Waals surface area contributed by atoms with Crippen LogP contribution in [0, 0.1) is 11.3 Å². The predicted molar refractivity (Wildman–Crippen MR) is 126 cm³/mol. The lowest BCUT2D eigenvalue weighted by Crippen LogP contribution is -2.25. The monoisotopic (exact) mass is 497 g/mol. The fourth-order valence-corrected chi connectivity index (χ4v) is 4.84. The van der Waals surface area contributed by atoms with Crippen LogP contribution in [0.25, 0.3) is 23.9 Å². The van der Waals surface area contributed by atoms with Crippen molar-refractivity contribution in [3.8, 4) is 11.8 Å². The minimum atomic E-state index is -4.88. The van der Waals surface area contributed by atoms with Crippen LogP contribution in [0.4, 0.5) is 18.9 Å². The van der Waals surface area contributed by atoms with Crippen LogP contribution in [0.3, 0.4) is 0 Å². The van der Waals surface area contributed by atoms with E-state index in [2.05, 4.69) is 28.7 Å². The Morgan fingerprint density at radius 2 is 1.69 bits per heavy atom. The van der Waals surface area contributed by atoms with Gasteiger partial charge in [-0.1, -0.05) is 37.4 Å². The molecule has 0 aliphatic carbocycles. The summed E-state index contributed by atoms with van der Waals surface area (Å²) in [5.41, 5.74) is 1.61. The molecule has 6 nitrogen and oxygen atoms in total. The van der Waals surface area contributed by atoms with Crippen LogP contribution >= 0.6 is 0 Å². The van der Waals surface area contributed by atoms with Gasteiger partial charge in [0.25, 0.3) is 10.0 Å². The van der Waals surface area contributed by atoms with Crippen LogP contribution in [-0.4, -0.2) is 19.3 Å². The highest BCUT2D eigenvalue weighted by atomic mass is 32.2. The fraction of sp³-hybridized carbons (Fsp3) is 0.0800. The van der Waals surface area contributed by atoms with E-state index in [1.165, 1.54) is 0 Å². The van der Waals surface area contributed by atoms with Crippen LogP contribution in [0.1, 0.15) is 11.1 Å². The van der Waals surface area contributed by atoms with E-state index in [4.69, 9.17) is 5.26 Å². The maximum absolute atomic E-state index is 13.0. The number of sulfonamides is 1. The van der Waals surface area contributed by atoms with E-state index < -0.39 is 22.1 Å². The van der Waals surface area contributed by atoms with Gasteiger partial charge >= 0.3 is 6.36 Å². The summed E-state index contributed by atoms with van der Waals surface area (Å²) in [6, 6.07) is 18.1. The highest BCUT2D eigenvalue weighted by molar-refractivity contribution is 7.92. The molecule has 0 spiro atoms. The number of anilines is 1. The second-order valence-electron chi connectivity index (χ2n) is 7.64. The van der Waals surface area contributed by atoms with Crippen LogP contribution in [0.5, 0.6) is 5.75 Å². The zero-order chi connectivity index (χ0) is 25.4. The Kier molecular flexibility index (Phi) is 6.05. The maximum Gasteiger partial charge on any atom is 0.573 e. The van der Waals surface area contributed by atoms with Crippen molar-refractivity contribution >= 4 is 39.6 Å². The largest absolute Gasteiger partial charge is 0.573 e. The number of fused-ring (bicyclic) bond motifs is 1. The summed E-state index contributed by atoms with van der Waals surface area (Å²) in [6.07, 6.45) is -4.88. The summed E-state index contributed by atoms with van der Waals surface area (Å²) in [5.74, 6) is -0.530. The maximum atomic E-state index is 13.0. The molecule has 4 rings (SSSR count). The molecule has 0 atom stereocenters. The van der Waals surface area contributed by atoms with Gasteiger partial charge in [0.05, 0.1) is 22.2 Å². The van der Waals surface area contributed by atoms with Crippen molar-refractivity contribution in [1.82, 2.24) is 4.57 Å². The molecule has 0 radical (unpaired) electrons. The van der Waals surface area contributed by atoms with Crippen LogP contribution in [-0.2, 0) is 16.6 Å². The molecule has 0 amide bonds. The zero-order valence-electron chi connectivity index (χ0n) is 18.1. The van der Waals surface area contributed by atoms with E-state index in [9.17, 15) is 21.6 Å². The average Bonchev–Trinajstić information content (AvgIpc) is 3.04. The number of nitriles is 1. The Bertz CT molecular complexity index is 1670. The molecule has 0 aliphatic heterocycles. The van der Waals surface area contributed by atoms with Gasteiger partial charge in [-0.2, -0.15) is 5.26 Å². The highest BCUT2D eigenvalue weighted by Gasteiger charge is 2.31. The molecule has 1 aromatic heterocycles. The molecule has 0 bridgehead atoms. The third kappa shape index (κ3) is 5.00. The van der Waals surface area contributed by atoms with Crippen LogP contribution < -0.4 is 20.2 Å². The van der Waals surface area contributed by atoms with Gasteiger partial charge in [-0.3, -0.25) is 4.72 Å². The van der Waals surface area contributed by atoms with Gasteiger partial charge in [-0.25, -0.2) is 8.42 Å². The molecule has 1 N–H and O–H groups in total. The summed E-state index contributed by atoms with van der Waals surface area (Å²) in [7, 11) is -4.13. The number of hydrogen-bond acceptors (Lipinski definition) is 4. The van der Waals surface area contributed by atoms with Gasteiger partial charge in [-0.05, 0) is 48.0 Å². The van der Waals surface area contributed by atoms with Gasteiger partial charge < -0.3 is 9.30 Å². The Hall–Kier alpha value is -4.23. The molecule has 0 aliphatic rings. The fourth-order valence-electron chi connectivity index (χ4n) is 3.77. The number of nitrogens with one attached hydrogen (secondary N) is 1. The topological polar surface area (TPSA) is 84.1 Å². The number of halogens is 3. The molecule has 3 aromatic carbocycles. The van der Waals surface area contributed by atoms with Crippen molar-refractivity contribution in [3.05, 3.63) is 88.6 Å². The van der Waals surface area contributed by atoms with Crippen molar-refractivity contribution in [3.63, 3.8) is 0 Å². The first-order valence-corrected chi connectivity index (χ1v) is 11.6. The van der Waals surface area contributed by atoms with Gasteiger partial charge in [0.2, 0.25) is 0 Å². The van der Waals surface area contributed by atoms with E-state index in [0.717, 1.165) is 29.8 Å². The molecule has 0 saturated heterocycles. The highest BCUT2D eigenvalue weighted by Crippen LogP contribution is 2.26. The van der Waals surface area contributed by atoms with Crippen LogP contribution in [0.2, 0.25) is 0 Å². The van der Waals surface area contributed by atoms with E-state index in [1.807, 2.05) is 10.6 Å². The van der Waals surface area contributed by atoms with Crippen molar-refractivity contribution in [1.29, 1.82) is 5.26 Å². The first-order chi connectivity index (χ1) is 16.5. The second-order valence-corrected chi connectivity index (χ2v) is 9.33. The van der Waals surface area contributed by atoms with Gasteiger partial charge in [-0.15, -0.1) is 13.2 Å². The smallest absolute Gasteiger partial charge is 0.406 e. The normalized spacial score (nSPS) is 11.8. The van der Waals surface area contributed by atoms with E-state index in [-0.39, 0.29) is 10.6 Å². The first kappa shape index (κ1) is 23.9. The number of benzene rings is 3. The quantitative estimate of drug-likeness (QED) is 0.435. The standard InChI is InChI=1S/C25H18F3N3O3S/c1-16-22-7-4-8-23(24(22)17(2)31(16)15-19-6-3-5-18(13-19)14-29)30-35(32,33)21-11-9-20(10-12-21)34-25(26,27)28/h3-13,30H,1-2,15H2. The SMILES string of the molecule is C=c1c2cccc(NS(=O)(=O)c3ccc(OC(F)(F)F)cc3)c2c(=C)n1Cc1cccc(C#N)c1. The third-order valence-electron chi connectivity index (χ3n) is 5.32. The van der Waals surface area contributed by atoms with Crippen molar-refractivity contribution in [2.24, 2.45) is 0 Å². The summed E-state index contributed by atoms with van der Waals surface area (Å²) in [4.78, 5) is -0.239. The van der Waals surface area contributed by atoms with Gasteiger partial charge in [0.15, 0.2) is 0 Å². The Balaban J connectivity index is 1.70. The second kappa shape index (κ2) is 8.85. The van der Waals surface area contributed by atoms with Crippen molar-refractivity contribution in [2.75, 3.05) is 4.72 Å². The lowest BCUT2D eigenvalue weighted by Gasteiger charge is -2.11. The number of ether oxygens (including phenoxy) is 1. The molecule has 0 fully saturated rings. The molecule has 1 heterocycles. The summed E-state index contributed by atoms with van der Waals surface area (Å²) in [6.45, 7) is 8.60. The molecule has 178 valence electrons. The predicted octanol–water partition coefficient (Wildman–Crippen LogP) is 4.08. The molecule has 10 heteroatoms. The van der Waals surface area contributed by atoms with Gasteiger partial charge in [0, 0.05) is 28.0 Å². The van der Waals surface area contributed by atoms with E-state index >= 15 is 0 Å². The van der Waals surface area contributed by atoms with Gasteiger partial charge in [0.1, 0.15) is 5.75 Å². The summed E-state index contributed by atoms with van der Waals surface area (Å²) in [5, 5.41) is 11.5. The van der Waals surface area contributed by atoms with Crippen LogP contribution in [0.15, 0.2) is 71.6 Å². The molecular formula is C25H18F3N3O3S. The number of nitrogens with zero attached hydrogens (tertiary/aromatic N) is 2. The number of hydrogen-bond donors (Lipinski definition) is 1. The number of aromatic nitrogens is 1. The summed E-state index contributed by atoms with van der Waals surface area (Å²) < 4.78 is 71.2. The average molecular weight is 497 g/mol. The Morgan fingerprint density at radius 3 is 2.34 bits per heavy atom. The minimum Gasteiger partial charge on any atom is -0.406 e. The molecule has 0 unspecified atom stereocenters. The minimum absolute atomic E-state index is 0.239. The molecule has 35 heavy (non-hydrogen) atoms. The van der Waals surface area contributed by atoms with E-state index in [1.54, 1.807) is 36.4 Å². The molecule has 4 aromatic rings. The lowest BCUT2D eigenvalue weighted by atomic mass is 10.1. The number of alkyl halides is 3.